The number of aromatic amines is 1. The van der Waals surface area contributed by atoms with Gasteiger partial charge in [-0.3, -0.25) is 4.79 Å². The zero-order valence-corrected chi connectivity index (χ0v) is 8.32. The highest BCUT2D eigenvalue weighted by Gasteiger charge is 2.03. The Kier molecular flexibility index (Phi) is 2.25. The lowest BCUT2D eigenvalue weighted by atomic mass is 10.1. The average Bonchev–Trinajstić information content (AvgIpc) is 2.23. The van der Waals surface area contributed by atoms with Crippen molar-refractivity contribution in [2.24, 2.45) is 0 Å². The summed E-state index contributed by atoms with van der Waals surface area (Å²) >= 11 is 0. The zero-order valence-electron chi connectivity index (χ0n) is 8.32. The lowest BCUT2D eigenvalue weighted by Gasteiger charge is -2.04. The first-order valence-corrected chi connectivity index (χ1v) is 4.59. The molecule has 1 aromatic heterocycles. The molecule has 0 bridgehead atoms. The molecular weight excluding hydrogens is 190 g/mol. The smallest absolute Gasteiger partial charge is 0.290 e. The van der Waals surface area contributed by atoms with Crippen LogP contribution in [0.3, 0.4) is 0 Å². The van der Waals surface area contributed by atoms with Gasteiger partial charge in [0.2, 0.25) is 0 Å². The molecule has 1 aromatic carbocycles. The van der Waals surface area contributed by atoms with Crippen molar-refractivity contribution in [3.05, 3.63) is 46.4 Å². The Labute approximate surface area is 86.8 Å². The summed E-state index contributed by atoms with van der Waals surface area (Å²) in [5, 5.41) is 0. The minimum Gasteiger partial charge on any atom is -0.379 e. The third-order valence-corrected chi connectivity index (χ3v) is 2.25. The number of H-pyrrole nitrogens is 1. The molecule has 0 atom stereocenters. The van der Waals surface area contributed by atoms with Gasteiger partial charge in [0.25, 0.3) is 5.56 Å². The highest BCUT2D eigenvalue weighted by molar-refractivity contribution is 5.62. The number of aryl methyl sites for hydroxylation is 1. The summed E-state index contributed by atoms with van der Waals surface area (Å²) in [5.41, 5.74) is 7.73. The van der Waals surface area contributed by atoms with Crippen molar-refractivity contribution >= 4 is 5.82 Å². The summed E-state index contributed by atoms with van der Waals surface area (Å²) in [4.78, 5) is 17.8. The van der Waals surface area contributed by atoms with Crippen molar-refractivity contribution in [2.45, 2.75) is 6.92 Å². The van der Waals surface area contributed by atoms with Gasteiger partial charge in [-0.15, -0.1) is 0 Å². The van der Waals surface area contributed by atoms with Crippen LogP contribution in [0.15, 0.2) is 35.3 Å². The normalized spacial score (nSPS) is 10.2. The predicted octanol–water partition coefficient (Wildman–Crippen LogP) is 1.33. The molecule has 0 spiro atoms. The van der Waals surface area contributed by atoms with E-state index in [4.69, 9.17) is 5.73 Å². The summed E-state index contributed by atoms with van der Waals surface area (Å²) in [5.74, 6) is -0.00710. The summed E-state index contributed by atoms with van der Waals surface area (Å²) in [7, 11) is 0. The number of nitrogens with two attached hydrogens (primary N) is 1. The molecule has 0 saturated carbocycles. The van der Waals surface area contributed by atoms with Gasteiger partial charge in [0.15, 0.2) is 5.82 Å². The first kappa shape index (κ1) is 9.45. The first-order chi connectivity index (χ1) is 7.18. The third-order valence-electron chi connectivity index (χ3n) is 2.25. The summed E-state index contributed by atoms with van der Waals surface area (Å²) in [6, 6.07) is 7.77. The van der Waals surface area contributed by atoms with Crippen LogP contribution < -0.4 is 11.3 Å². The van der Waals surface area contributed by atoms with Crippen LogP contribution >= 0.6 is 0 Å². The molecule has 0 aliphatic rings. The number of aromatic nitrogens is 2. The fraction of sp³-hybridized carbons (Fsp3) is 0.0909. The van der Waals surface area contributed by atoms with E-state index in [1.54, 1.807) is 6.20 Å². The number of anilines is 1. The quantitative estimate of drug-likeness (QED) is 0.731. The van der Waals surface area contributed by atoms with E-state index >= 15 is 0 Å². The van der Waals surface area contributed by atoms with Crippen LogP contribution in [0.5, 0.6) is 0 Å². The molecule has 0 aliphatic heterocycles. The molecule has 0 saturated heterocycles. The molecule has 0 fully saturated rings. The Bertz CT molecular complexity index is 546. The van der Waals surface area contributed by atoms with E-state index in [2.05, 4.69) is 9.97 Å². The molecule has 4 heteroatoms. The van der Waals surface area contributed by atoms with Crippen LogP contribution in [-0.4, -0.2) is 9.97 Å². The van der Waals surface area contributed by atoms with E-state index in [9.17, 15) is 4.79 Å². The monoisotopic (exact) mass is 201 g/mol. The Hall–Kier alpha value is -2.10. The van der Waals surface area contributed by atoms with Crippen LogP contribution in [0.4, 0.5) is 5.82 Å². The van der Waals surface area contributed by atoms with Crippen molar-refractivity contribution in [3.63, 3.8) is 0 Å². The van der Waals surface area contributed by atoms with Crippen molar-refractivity contribution in [1.82, 2.24) is 9.97 Å². The van der Waals surface area contributed by atoms with Crippen molar-refractivity contribution < 1.29 is 0 Å². The second-order valence-electron chi connectivity index (χ2n) is 3.33. The molecule has 0 unspecified atom stereocenters. The molecule has 2 rings (SSSR count). The third kappa shape index (κ3) is 1.74. The van der Waals surface area contributed by atoms with E-state index in [1.165, 1.54) is 0 Å². The first-order valence-electron chi connectivity index (χ1n) is 4.59. The molecule has 15 heavy (non-hydrogen) atoms. The van der Waals surface area contributed by atoms with Crippen LogP contribution in [0.2, 0.25) is 0 Å². The Morgan fingerprint density at radius 3 is 2.73 bits per heavy atom. The number of nitrogens with one attached hydrogen (secondary N) is 1. The topological polar surface area (TPSA) is 71.8 Å². The molecule has 0 aliphatic carbocycles. The molecule has 1 heterocycles. The maximum Gasteiger partial charge on any atom is 0.290 e. The summed E-state index contributed by atoms with van der Waals surface area (Å²) in [6.45, 7) is 1.98. The van der Waals surface area contributed by atoms with E-state index in [0.717, 1.165) is 11.1 Å². The average molecular weight is 201 g/mol. The van der Waals surface area contributed by atoms with Crippen LogP contribution in [-0.2, 0) is 0 Å². The van der Waals surface area contributed by atoms with E-state index in [1.807, 2.05) is 31.2 Å². The number of hydrogen-bond donors (Lipinski definition) is 2. The summed E-state index contributed by atoms with van der Waals surface area (Å²) in [6.07, 6.45) is 1.57. The minimum absolute atomic E-state index is 0.00710. The van der Waals surface area contributed by atoms with Crippen molar-refractivity contribution in [1.29, 1.82) is 0 Å². The zero-order chi connectivity index (χ0) is 10.8. The molecule has 0 radical (unpaired) electrons. The van der Waals surface area contributed by atoms with E-state index < -0.39 is 0 Å². The second-order valence-corrected chi connectivity index (χ2v) is 3.33. The Morgan fingerprint density at radius 1 is 1.33 bits per heavy atom. The molecule has 2 aromatic rings. The number of benzene rings is 1. The lowest BCUT2D eigenvalue weighted by Crippen LogP contribution is -2.14. The molecule has 3 N–H and O–H groups in total. The predicted molar refractivity (Wildman–Crippen MR) is 59.4 cm³/mol. The second kappa shape index (κ2) is 3.57. The van der Waals surface area contributed by atoms with Crippen LogP contribution in [0.25, 0.3) is 11.3 Å². The van der Waals surface area contributed by atoms with Gasteiger partial charge < -0.3 is 10.7 Å². The van der Waals surface area contributed by atoms with Crippen molar-refractivity contribution in [3.8, 4) is 11.3 Å². The van der Waals surface area contributed by atoms with Gasteiger partial charge in [-0.25, -0.2) is 4.98 Å². The van der Waals surface area contributed by atoms with Gasteiger partial charge in [-0.2, -0.15) is 0 Å². The lowest BCUT2D eigenvalue weighted by molar-refractivity contribution is 1.15. The number of rotatable bonds is 1. The van der Waals surface area contributed by atoms with Crippen LogP contribution in [0.1, 0.15) is 5.56 Å². The van der Waals surface area contributed by atoms with E-state index in [0.29, 0.717) is 5.69 Å². The largest absolute Gasteiger partial charge is 0.379 e. The highest BCUT2D eigenvalue weighted by Crippen LogP contribution is 2.18. The van der Waals surface area contributed by atoms with Crippen molar-refractivity contribution in [2.75, 3.05) is 5.73 Å². The van der Waals surface area contributed by atoms with Gasteiger partial charge in [-0.1, -0.05) is 24.3 Å². The molecule has 76 valence electrons. The van der Waals surface area contributed by atoms with Gasteiger partial charge in [0.05, 0.1) is 11.9 Å². The van der Waals surface area contributed by atoms with Gasteiger partial charge in [0.1, 0.15) is 0 Å². The number of hydrogen-bond acceptors (Lipinski definition) is 3. The maximum atomic E-state index is 11.3. The summed E-state index contributed by atoms with van der Waals surface area (Å²) < 4.78 is 0. The van der Waals surface area contributed by atoms with E-state index in [-0.39, 0.29) is 11.4 Å². The molecule has 0 amide bonds. The minimum atomic E-state index is -0.351. The Morgan fingerprint density at radius 2 is 2.07 bits per heavy atom. The fourth-order valence-corrected chi connectivity index (χ4v) is 1.42. The molecular formula is C11H11N3O. The highest BCUT2D eigenvalue weighted by atomic mass is 16.1. The SMILES string of the molecule is Cc1ccccc1-c1cnc(N)c(=O)[nH]1. The number of nitrogens with zero attached hydrogens (tertiary/aromatic N) is 1. The standard InChI is InChI=1S/C11H11N3O/c1-7-4-2-3-5-8(7)9-6-13-10(12)11(15)14-9/h2-6H,1H3,(H2,12,13)(H,14,15). The van der Waals surface area contributed by atoms with Gasteiger partial charge in [0, 0.05) is 5.56 Å². The molecule has 4 nitrogen and oxygen atoms in total. The maximum absolute atomic E-state index is 11.3. The van der Waals surface area contributed by atoms with Gasteiger partial charge >= 0.3 is 0 Å². The number of nitrogen functional groups attached to an aromatic ring is 1. The fourth-order valence-electron chi connectivity index (χ4n) is 1.42. The van der Waals surface area contributed by atoms with Gasteiger partial charge in [-0.05, 0) is 12.5 Å². The van der Waals surface area contributed by atoms with Crippen LogP contribution in [0, 0.1) is 6.92 Å². The Balaban J connectivity index is 2.60.